The molecule has 19 heavy (non-hydrogen) atoms. The number of rotatable bonds is 6. The summed E-state index contributed by atoms with van der Waals surface area (Å²) in [7, 11) is 0. The van der Waals surface area contributed by atoms with Gasteiger partial charge in [-0.2, -0.15) is 0 Å². The third kappa shape index (κ3) is 5.12. The van der Waals surface area contributed by atoms with Gasteiger partial charge in [0.1, 0.15) is 0 Å². The van der Waals surface area contributed by atoms with E-state index in [9.17, 15) is 0 Å². The summed E-state index contributed by atoms with van der Waals surface area (Å²) in [6.45, 7) is 2.25. The van der Waals surface area contributed by atoms with Crippen LogP contribution in [0.25, 0.3) is 0 Å². The average Bonchev–Trinajstić information content (AvgIpc) is 2.76. The molecule has 0 saturated heterocycles. The first-order valence-corrected chi connectivity index (χ1v) is 6.52. The Balaban J connectivity index is 0.00000180. The third-order valence-electron chi connectivity index (χ3n) is 2.50. The predicted octanol–water partition coefficient (Wildman–Crippen LogP) is 1.54. The van der Waals surface area contributed by atoms with Crippen molar-refractivity contribution < 1.29 is 5.11 Å². The minimum Gasteiger partial charge on any atom is -0.395 e. The van der Waals surface area contributed by atoms with Crippen molar-refractivity contribution in [1.82, 2.24) is 14.9 Å². The van der Waals surface area contributed by atoms with Crippen LogP contribution in [0.3, 0.4) is 0 Å². The number of aromatic nitrogens is 2. The van der Waals surface area contributed by atoms with E-state index in [0.717, 1.165) is 23.5 Å². The van der Waals surface area contributed by atoms with E-state index in [-0.39, 0.29) is 19.0 Å². The monoisotopic (exact) mass is 300 g/mol. The van der Waals surface area contributed by atoms with Gasteiger partial charge in [-0.1, -0.05) is 6.07 Å². The first-order chi connectivity index (χ1) is 8.78. The summed E-state index contributed by atoms with van der Waals surface area (Å²) in [5.74, 6) is 0. The van der Waals surface area contributed by atoms with Gasteiger partial charge in [-0.25, -0.2) is 4.98 Å². The second kappa shape index (κ2) is 8.06. The maximum atomic E-state index is 9.10. The number of nitrogens with zero attached hydrogens (tertiary/aromatic N) is 3. The zero-order valence-corrected chi connectivity index (χ0v) is 12.0. The second-order valence-electron chi connectivity index (χ2n) is 3.96. The van der Waals surface area contributed by atoms with Gasteiger partial charge in [-0.05, 0) is 11.6 Å². The smallest absolute Gasteiger partial charge is 0.180 e. The van der Waals surface area contributed by atoms with Crippen LogP contribution in [0.1, 0.15) is 10.4 Å². The Kier molecular flexibility index (Phi) is 6.72. The molecule has 2 aromatic rings. The van der Waals surface area contributed by atoms with Crippen molar-refractivity contribution in [2.75, 3.05) is 18.9 Å². The summed E-state index contributed by atoms with van der Waals surface area (Å²) >= 11 is 1.48. The van der Waals surface area contributed by atoms with Crippen LogP contribution in [-0.4, -0.2) is 33.1 Å². The van der Waals surface area contributed by atoms with Gasteiger partial charge in [0.2, 0.25) is 0 Å². The number of pyridine rings is 1. The quantitative estimate of drug-likeness (QED) is 0.846. The van der Waals surface area contributed by atoms with Crippen LogP contribution in [0.15, 0.2) is 30.7 Å². The van der Waals surface area contributed by atoms with Crippen LogP contribution in [0.5, 0.6) is 0 Å². The molecule has 0 aliphatic carbocycles. The van der Waals surface area contributed by atoms with Gasteiger partial charge >= 0.3 is 0 Å². The molecule has 2 rings (SSSR count). The molecule has 104 valence electrons. The molecular formula is C12H17ClN4OS. The van der Waals surface area contributed by atoms with Crippen molar-refractivity contribution in [2.24, 2.45) is 0 Å². The lowest BCUT2D eigenvalue weighted by Gasteiger charge is -2.20. The summed E-state index contributed by atoms with van der Waals surface area (Å²) in [6, 6.07) is 3.94. The highest BCUT2D eigenvalue weighted by Crippen LogP contribution is 2.17. The Morgan fingerprint density at radius 3 is 2.74 bits per heavy atom. The Labute approximate surface area is 122 Å². The molecule has 0 saturated carbocycles. The van der Waals surface area contributed by atoms with E-state index in [1.54, 1.807) is 12.4 Å². The molecule has 3 N–H and O–H groups in total. The van der Waals surface area contributed by atoms with E-state index in [0.29, 0.717) is 11.7 Å². The second-order valence-corrected chi connectivity index (χ2v) is 5.11. The molecule has 0 spiro atoms. The molecule has 2 heterocycles. The number of anilines is 1. The molecule has 2 aromatic heterocycles. The zero-order chi connectivity index (χ0) is 12.8. The van der Waals surface area contributed by atoms with Crippen molar-refractivity contribution in [3.05, 3.63) is 41.2 Å². The highest BCUT2D eigenvalue weighted by molar-refractivity contribution is 7.15. The van der Waals surface area contributed by atoms with Crippen LogP contribution in [0.2, 0.25) is 0 Å². The molecule has 0 aliphatic rings. The molecule has 0 atom stereocenters. The highest BCUT2D eigenvalue weighted by atomic mass is 35.5. The van der Waals surface area contributed by atoms with Crippen molar-refractivity contribution in [3.8, 4) is 0 Å². The van der Waals surface area contributed by atoms with E-state index in [2.05, 4.69) is 14.9 Å². The van der Waals surface area contributed by atoms with Crippen LogP contribution >= 0.6 is 23.7 Å². The standard InChI is InChI=1S/C12H16N4OS.ClH/c13-12-15-7-11(18-12)9-16(4-5-17)8-10-2-1-3-14-6-10;/h1-3,6-7,17H,4-5,8-9H2,(H2,13,15);1H. The summed E-state index contributed by atoms with van der Waals surface area (Å²) in [5, 5.41) is 9.68. The molecule has 7 heteroatoms. The SMILES string of the molecule is Cl.Nc1ncc(CN(CCO)Cc2cccnc2)s1. The maximum Gasteiger partial charge on any atom is 0.180 e. The lowest BCUT2D eigenvalue weighted by molar-refractivity contribution is 0.185. The van der Waals surface area contributed by atoms with Gasteiger partial charge in [-0.15, -0.1) is 23.7 Å². The third-order valence-corrected chi connectivity index (χ3v) is 3.31. The van der Waals surface area contributed by atoms with E-state index < -0.39 is 0 Å². The van der Waals surface area contributed by atoms with Crippen molar-refractivity contribution in [3.63, 3.8) is 0 Å². The number of hydrogen-bond acceptors (Lipinski definition) is 6. The van der Waals surface area contributed by atoms with Gasteiger partial charge in [0, 0.05) is 43.1 Å². The Morgan fingerprint density at radius 2 is 2.16 bits per heavy atom. The summed E-state index contributed by atoms with van der Waals surface area (Å²) < 4.78 is 0. The summed E-state index contributed by atoms with van der Waals surface area (Å²) in [6.07, 6.45) is 5.38. The lowest BCUT2D eigenvalue weighted by atomic mass is 10.2. The van der Waals surface area contributed by atoms with Gasteiger partial charge in [0.25, 0.3) is 0 Å². The predicted molar refractivity (Wildman–Crippen MR) is 79.2 cm³/mol. The fourth-order valence-corrected chi connectivity index (χ4v) is 2.45. The minimum absolute atomic E-state index is 0. The van der Waals surface area contributed by atoms with Gasteiger partial charge in [0.05, 0.1) is 6.61 Å². The topological polar surface area (TPSA) is 75.3 Å². The number of halogens is 1. The molecule has 0 aliphatic heterocycles. The fraction of sp³-hybridized carbons (Fsp3) is 0.333. The Morgan fingerprint density at radius 1 is 1.32 bits per heavy atom. The number of thiazole rings is 1. The largest absolute Gasteiger partial charge is 0.395 e. The molecule has 0 fully saturated rings. The maximum absolute atomic E-state index is 9.10. The van der Waals surface area contributed by atoms with Crippen molar-refractivity contribution >= 4 is 28.9 Å². The molecule has 0 amide bonds. The normalized spacial score (nSPS) is 10.4. The van der Waals surface area contributed by atoms with E-state index in [1.807, 2.05) is 18.3 Å². The first kappa shape index (κ1) is 15.8. The van der Waals surface area contributed by atoms with Gasteiger partial charge in [-0.3, -0.25) is 9.88 Å². The minimum atomic E-state index is 0. The molecule has 0 bridgehead atoms. The number of aliphatic hydroxyl groups excluding tert-OH is 1. The lowest BCUT2D eigenvalue weighted by Crippen LogP contribution is -2.25. The molecule has 0 radical (unpaired) electrons. The fourth-order valence-electron chi connectivity index (χ4n) is 1.72. The van der Waals surface area contributed by atoms with Crippen LogP contribution in [-0.2, 0) is 13.1 Å². The van der Waals surface area contributed by atoms with Crippen molar-refractivity contribution in [2.45, 2.75) is 13.1 Å². The van der Waals surface area contributed by atoms with Crippen LogP contribution < -0.4 is 5.73 Å². The number of hydrogen-bond donors (Lipinski definition) is 2. The van der Waals surface area contributed by atoms with E-state index >= 15 is 0 Å². The van der Waals surface area contributed by atoms with Gasteiger partial charge < -0.3 is 10.8 Å². The van der Waals surface area contributed by atoms with Crippen LogP contribution in [0.4, 0.5) is 5.13 Å². The van der Waals surface area contributed by atoms with E-state index in [1.165, 1.54) is 11.3 Å². The average molecular weight is 301 g/mol. The Hall–Kier alpha value is -1.21. The molecule has 0 aromatic carbocycles. The van der Waals surface area contributed by atoms with Gasteiger partial charge in [0.15, 0.2) is 5.13 Å². The van der Waals surface area contributed by atoms with Crippen LogP contribution in [0, 0.1) is 0 Å². The van der Waals surface area contributed by atoms with Crippen molar-refractivity contribution in [1.29, 1.82) is 0 Å². The number of nitrogens with two attached hydrogens (primary N) is 1. The molecule has 5 nitrogen and oxygen atoms in total. The Bertz CT molecular complexity index is 480. The first-order valence-electron chi connectivity index (χ1n) is 5.70. The zero-order valence-electron chi connectivity index (χ0n) is 10.4. The number of aliphatic hydroxyl groups is 1. The summed E-state index contributed by atoms with van der Waals surface area (Å²) in [5.41, 5.74) is 6.74. The molecular weight excluding hydrogens is 284 g/mol. The number of nitrogen functional groups attached to an aromatic ring is 1. The highest BCUT2D eigenvalue weighted by Gasteiger charge is 2.08. The van der Waals surface area contributed by atoms with E-state index in [4.69, 9.17) is 10.8 Å². The summed E-state index contributed by atoms with van der Waals surface area (Å²) in [4.78, 5) is 11.4. The molecule has 0 unspecified atom stereocenters.